The van der Waals surface area contributed by atoms with E-state index in [9.17, 15) is 9.90 Å². The van der Waals surface area contributed by atoms with Crippen LogP contribution in [0.2, 0.25) is 0 Å². The zero-order valence-electron chi connectivity index (χ0n) is 30.4. The van der Waals surface area contributed by atoms with E-state index < -0.39 is 6.29 Å². The van der Waals surface area contributed by atoms with Crippen LogP contribution in [-0.2, 0) is 29.2 Å². The molecule has 4 atom stereocenters. The van der Waals surface area contributed by atoms with Gasteiger partial charge in [-0.1, -0.05) is 104 Å². The van der Waals surface area contributed by atoms with E-state index in [1.54, 1.807) is 0 Å². The molecule has 3 N–H and O–H groups in total. The molecule has 1 aliphatic heterocycles. The average molecular weight is 731 g/mol. The number of rotatable bonds is 11. The molecule has 1 aliphatic rings. The normalized spacial score (nSPS) is 18.1. The number of benzene rings is 6. The van der Waals surface area contributed by atoms with Crippen molar-refractivity contribution >= 4 is 22.8 Å². The smallest absolute Gasteiger partial charge is 0.319 e. The molecule has 6 aromatic carbocycles. The van der Waals surface area contributed by atoms with Gasteiger partial charge >= 0.3 is 6.03 Å². The molecule has 0 unspecified atom stereocenters. The van der Waals surface area contributed by atoms with Gasteiger partial charge in [0.15, 0.2) is 6.29 Å². The molecule has 0 spiro atoms. The van der Waals surface area contributed by atoms with E-state index in [1.807, 2.05) is 116 Å². The Morgan fingerprint density at radius 2 is 1.47 bits per heavy atom. The Morgan fingerprint density at radius 1 is 0.745 bits per heavy atom. The molecule has 1 saturated heterocycles. The van der Waals surface area contributed by atoms with Gasteiger partial charge < -0.3 is 34.5 Å². The first-order valence-electron chi connectivity index (χ1n) is 18.5. The van der Waals surface area contributed by atoms with Crippen molar-refractivity contribution in [2.24, 2.45) is 5.92 Å². The van der Waals surface area contributed by atoms with Crippen LogP contribution in [0.3, 0.4) is 0 Å². The van der Waals surface area contributed by atoms with E-state index in [-0.39, 0.29) is 30.8 Å². The highest BCUT2D eigenvalue weighted by atomic mass is 16.7. The maximum Gasteiger partial charge on any atom is 0.319 e. The minimum atomic E-state index is -0.589. The summed E-state index contributed by atoms with van der Waals surface area (Å²) >= 11 is 0. The summed E-state index contributed by atoms with van der Waals surface area (Å²) in [5, 5.41) is 15.5. The third kappa shape index (κ3) is 8.45. The number of nitrogens with one attached hydrogen (secondary N) is 2. The van der Waals surface area contributed by atoms with E-state index in [4.69, 9.17) is 14.2 Å². The van der Waals surface area contributed by atoms with Crippen LogP contribution in [0.1, 0.15) is 41.6 Å². The minimum absolute atomic E-state index is 0.00781. The highest BCUT2D eigenvalue weighted by Gasteiger charge is 2.38. The van der Waals surface area contributed by atoms with E-state index in [0.717, 1.165) is 50.2 Å². The molecule has 0 saturated carbocycles. The van der Waals surface area contributed by atoms with Crippen molar-refractivity contribution in [1.29, 1.82) is 0 Å². The molecular weight excluding hydrogens is 689 g/mol. The number of imidazole rings is 1. The zero-order chi connectivity index (χ0) is 37.6. The second kappa shape index (κ2) is 16.4. The van der Waals surface area contributed by atoms with Crippen LogP contribution in [0.15, 0.2) is 158 Å². The summed E-state index contributed by atoms with van der Waals surface area (Å²) in [4.78, 5) is 17.3. The van der Waals surface area contributed by atoms with Crippen LogP contribution < -0.4 is 15.4 Å². The van der Waals surface area contributed by atoms with Gasteiger partial charge in [-0.05, 0) is 82.4 Å². The number of hydrogen-bond donors (Lipinski definition) is 3. The first-order chi connectivity index (χ1) is 27.0. The fourth-order valence-electron chi connectivity index (χ4n) is 6.96. The van der Waals surface area contributed by atoms with Crippen LogP contribution >= 0.6 is 0 Å². The molecule has 276 valence electrons. The number of carbonyl (C=O) groups excluding carboxylic acids is 1. The van der Waals surface area contributed by atoms with Gasteiger partial charge in [-0.25, -0.2) is 9.78 Å². The highest BCUT2D eigenvalue weighted by Crippen LogP contribution is 2.42. The lowest BCUT2D eigenvalue weighted by Crippen LogP contribution is -2.39. The number of urea groups is 1. The Kier molecular flexibility index (Phi) is 10.7. The monoisotopic (exact) mass is 730 g/mol. The number of anilines is 1. The Hall–Kier alpha value is -6.26. The number of aromatic nitrogens is 2. The fraction of sp³-hybridized carbons (Fsp3) is 0.174. The molecule has 8 rings (SSSR count). The summed E-state index contributed by atoms with van der Waals surface area (Å²) in [6.45, 7) is 3.15. The van der Waals surface area contributed by atoms with E-state index in [1.165, 1.54) is 0 Å². The van der Waals surface area contributed by atoms with Crippen LogP contribution in [-0.4, -0.2) is 26.8 Å². The molecule has 1 aromatic heterocycles. The van der Waals surface area contributed by atoms with Gasteiger partial charge in [0.05, 0.1) is 42.7 Å². The zero-order valence-corrected chi connectivity index (χ0v) is 30.4. The van der Waals surface area contributed by atoms with E-state index >= 15 is 0 Å². The summed E-state index contributed by atoms with van der Waals surface area (Å²) in [5.41, 5.74) is 8.54. The number of fused-ring (bicyclic) bond motifs is 1. The lowest BCUT2D eigenvalue weighted by atomic mass is 9.90. The predicted molar refractivity (Wildman–Crippen MR) is 213 cm³/mol. The molecule has 0 bridgehead atoms. The largest absolute Gasteiger partial charge is 0.457 e. The number of amides is 2. The highest BCUT2D eigenvalue weighted by molar-refractivity contribution is 5.89. The van der Waals surface area contributed by atoms with Crippen molar-refractivity contribution in [1.82, 2.24) is 14.9 Å². The topological polar surface area (TPSA) is 107 Å². The molecule has 9 nitrogen and oxygen atoms in total. The minimum Gasteiger partial charge on any atom is -0.457 e. The summed E-state index contributed by atoms with van der Waals surface area (Å²) in [5.74, 6) is 1.48. The maximum atomic E-state index is 12.7. The maximum absolute atomic E-state index is 12.7. The molecule has 2 amide bonds. The molecule has 0 aliphatic carbocycles. The summed E-state index contributed by atoms with van der Waals surface area (Å²) in [6.07, 6.45) is 0.908. The second-order valence-electron chi connectivity index (χ2n) is 13.8. The molecule has 1 fully saturated rings. The van der Waals surface area contributed by atoms with Crippen molar-refractivity contribution < 1.29 is 24.1 Å². The number of aliphatic hydroxyl groups is 1. The van der Waals surface area contributed by atoms with E-state index in [2.05, 4.69) is 69.6 Å². The van der Waals surface area contributed by atoms with Gasteiger partial charge in [-0.2, -0.15) is 0 Å². The lowest BCUT2D eigenvalue weighted by molar-refractivity contribution is -0.276. The first-order valence-corrected chi connectivity index (χ1v) is 18.5. The van der Waals surface area contributed by atoms with Crippen molar-refractivity contribution in [2.45, 2.75) is 45.1 Å². The molecule has 55 heavy (non-hydrogen) atoms. The molecule has 2 heterocycles. The van der Waals surface area contributed by atoms with Gasteiger partial charge in [-0.3, -0.25) is 0 Å². The van der Waals surface area contributed by atoms with Crippen LogP contribution in [0.4, 0.5) is 10.5 Å². The Bertz CT molecular complexity index is 2340. The Labute approximate surface area is 320 Å². The molecule has 7 aromatic rings. The standard InChI is InChI=1S/C46H42N4O5/c1-31-43(28-50-30-48-41-12-5-6-13-42(41)50)54-45(55-44(31)35-16-14-32(29-51)15-17-35)36-20-18-34(19-21-36)37-9-7-8-33(26-37)27-47-46(52)49-38-22-24-40(25-23-38)53-39-10-3-2-4-11-39/h2-26,30-31,43-45,51H,27-29H2,1H3,(H2,47,49,52)/t31-,43+,44+,45+/m0/s1. The number of nitrogens with zero attached hydrogens (tertiary/aromatic N) is 2. The average Bonchev–Trinajstić information content (AvgIpc) is 3.64. The number of aliphatic hydroxyl groups excluding tert-OH is 1. The molecule has 0 radical (unpaired) electrons. The van der Waals surface area contributed by atoms with Crippen molar-refractivity contribution in [3.8, 4) is 22.6 Å². The first kappa shape index (κ1) is 35.8. The summed E-state index contributed by atoms with van der Waals surface area (Å²) in [7, 11) is 0. The van der Waals surface area contributed by atoms with Crippen molar-refractivity contribution in [3.63, 3.8) is 0 Å². The third-order valence-corrected chi connectivity index (χ3v) is 10.0. The van der Waals surface area contributed by atoms with Gasteiger partial charge in [0.1, 0.15) is 11.5 Å². The quantitative estimate of drug-likeness (QED) is 0.122. The van der Waals surface area contributed by atoms with E-state index in [0.29, 0.717) is 24.5 Å². The fourth-order valence-corrected chi connectivity index (χ4v) is 6.96. The van der Waals surface area contributed by atoms with Crippen LogP contribution in [0, 0.1) is 5.92 Å². The van der Waals surface area contributed by atoms with Crippen LogP contribution in [0.5, 0.6) is 11.5 Å². The second-order valence-corrected chi connectivity index (χ2v) is 13.8. The summed E-state index contributed by atoms with van der Waals surface area (Å²) < 4.78 is 21.4. The van der Waals surface area contributed by atoms with Gasteiger partial charge in [0.2, 0.25) is 0 Å². The van der Waals surface area contributed by atoms with Crippen LogP contribution in [0.25, 0.3) is 22.2 Å². The number of carbonyl (C=O) groups is 1. The Morgan fingerprint density at radius 3 is 2.25 bits per heavy atom. The SMILES string of the molecule is C[C@H]1[C@@H](Cn2cnc3ccccc32)O[C@@H](c2ccc(-c3cccc(CNC(=O)Nc4ccc(Oc5ccccc5)cc4)c3)cc2)O[C@H]1c1ccc(CO)cc1. The molecule has 9 heteroatoms. The Balaban J connectivity index is 0.930. The lowest BCUT2D eigenvalue weighted by Gasteiger charge is -2.41. The number of ether oxygens (including phenoxy) is 3. The van der Waals surface area contributed by atoms with Gasteiger partial charge in [-0.15, -0.1) is 0 Å². The van der Waals surface area contributed by atoms with Gasteiger partial charge in [0.25, 0.3) is 0 Å². The van der Waals surface area contributed by atoms with Crippen molar-refractivity contribution in [2.75, 3.05) is 5.32 Å². The van der Waals surface area contributed by atoms with Crippen molar-refractivity contribution in [3.05, 3.63) is 180 Å². The van der Waals surface area contributed by atoms with Gasteiger partial charge in [0, 0.05) is 23.7 Å². The summed E-state index contributed by atoms with van der Waals surface area (Å²) in [6, 6.07) is 49.0. The number of para-hydroxylation sites is 3. The predicted octanol–water partition coefficient (Wildman–Crippen LogP) is 9.80. The third-order valence-electron chi connectivity index (χ3n) is 10.0. The molecular formula is C46H42N4O5. The number of hydrogen-bond acceptors (Lipinski definition) is 6.